The fourth-order valence-electron chi connectivity index (χ4n) is 2.13. The number of carbonyl (C=O) groups is 2. The van der Waals surface area contributed by atoms with Crippen molar-refractivity contribution in [3.63, 3.8) is 0 Å². The van der Waals surface area contributed by atoms with Gasteiger partial charge in [-0.1, -0.05) is 37.5 Å². The Morgan fingerprint density at radius 2 is 1.74 bits per heavy atom. The zero-order valence-electron chi connectivity index (χ0n) is 10.6. The Kier molecular flexibility index (Phi) is 4.78. The van der Waals surface area contributed by atoms with Crippen molar-refractivity contribution in [1.82, 2.24) is 5.48 Å². The molecule has 19 heavy (non-hydrogen) atoms. The number of hydroxylamine groups is 1. The minimum absolute atomic E-state index is 0.106. The largest absolute Gasteiger partial charge is 0.446 e. The maximum atomic E-state index is 11.7. The Morgan fingerprint density at radius 1 is 1.05 bits per heavy atom. The smallest absolute Gasteiger partial charge is 0.408 e. The number of ether oxygens (including phenoxy) is 1. The molecule has 1 aromatic carbocycles. The van der Waals surface area contributed by atoms with Crippen LogP contribution in [0.15, 0.2) is 30.3 Å². The fourth-order valence-corrected chi connectivity index (χ4v) is 2.13. The quantitative estimate of drug-likeness (QED) is 0.833. The lowest BCUT2D eigenvalue weighted by Crippen LogP contribution is -2.33. The molecular weight excluding hydrogens is 246 g/mol. The van der Waals surface area contributed by atoms with Gasteiger partial charge in [0.15, 0.2) is 0 Å². The van der Waals surface area contributed by atoms with Gasteiger partial charge in [0.25, 0.3) is 0 Å². The zero-order valence-corrected chi connectivity index (χ0v) is 10.6. The Hall–Kier alpha value is -2.04. The Balaban J connectivity index is 1.72. The van der Waals surface area contributed by atoms with Crippen LogP contribution in [0.25, 0.3) is 0 Å². The predicted molar refractivity (Wildman–Crippen MR) is 68.3 cm³/mol. The first kappa shape index (κ1) is 13.4. The van der Waals surface area contributed by atoms with Gasteiger partial charge in [-0.25, -0.2) is 9.59 Å². The maximum absolute atomic E-state index is 11.7. The molecule has 0 atom stereocenters. The molecule has 1 N–H and O–H groups in total. The second-order valence-electron chi connectivity index (χ2n) is 4.56. The number of benzene rings is 1. The van der Waals surface area contributed by atoms with Gasteiger partial charge in [-0.2, -0.15) is 0 Å². The van der Waals surface area contributed by atoms with Crippen LogP contribution in [0.4, 0.5) is 4.79 Å². The molecule has 0 unspecified atom stereocenters. The third-order valence-electron chi connectivity index (χ3n) is 3.13. The number of nitrogens with one attached hydrogen (secondary N) is 1. The molecule has 1 aliphatic rings. The highest BCUT2D eigenvalue weighted by Gasteiger charge is 2.23. The predicted octanol–water partition coefficient (Wildman–Crippen LogP) is 2.81. The van der Waals surface area contributed by atoms with Gasteiger partial charge in [0, 0.05) is 0 Å². The molecule has 0 spiro atoms. The molecule has 1 saturated carbocycles. The molecule has 2 rings (SSSR count). The molecule has 0 aliphatic heterocycles. The Bertz CT molecular complexity index is 426. The van der Waals surface area contributed by atoms with E-state index in [0.29, 0.717) is 5.75 Å². The second-order valence-corrected chi connectivity index (χ2v) is 4.56. The van der Waals surface area contributed by atoms with Crippen molar-refractivity contribution in [2.75, 3.05) is 0 Å². The number of amides is 1. The highest BCUT2D eigenvalue weighted by Crippen LogP contribution is 2.24. The lowest BCUT2D eigenvalue weighted by atomic mass is 9.89. The molecule has 1 aromatic rings. The van der Waals surface area contributed by atoms with Crippen LogP contribution in [0.3, 0.4) is 0 Å². The van der Waals surface area contributed by atoms with E-state index in [-0.39, 0.29) is 11.9 Å². The number of carbonyl (C=O) groups excluding carboxylic acids is 2. The number of hydrogen-bond donors (Lipinski definition) is 1. The van der Waals surface area contributed by atoms with Crippen LogP contribution in [0.2, 0.25) is 0 Å². The van der Waals surface area contributed by atoms with Crippen molar-refractivity contribution in [1.29, 1.82) is 0 Å². The van der Waals surface area contributed by atoms with Crippen molar-refractivity contribution < 1.29 is 19.2 Å². The molecule has 0 saturated heterocycles. The summed E-state index contributed by atoms with van der Waals surface area (Å²) in [5.74, 6) is -0.0933. The van der Waals surface area contributed by atoms with E-state index in [2.05, 4.69) is 0 Å². The topological polar surface area (TPSA) is 64.6 Å². The minimum atomic E-state index is -0.796. The average molecular weight is 263 g/mol. The molecule has 102 valence electrons. The molecule has 0 radical (unpaired) electrons. The van der Waals surface area contributed by atoms with E-state index < -0.39 is 6.09 Å². The van der Waals surface area contributed by atoms with Crippen molar-refractivity contribution in [2.24, 2.45) is 5.92 Å². The summed E-state index contributed by atoms with van der Waals surface area (Å²) in [6, 6.07) is 8.59. The molecule has 5 nitrogen and oxygen atoms in total. The van der Waals surface area contributed by atoms with Gasteiger partial charge in [-0.05, 0) is 25.0 Å². The lowest BCUT2D eigenvalue weighted by Gasteiger charge is -2.19. The highest BCUT2D eigenvalue weighted by molar-refractivity contribution is 5.76. The summed E-state index contributed by atoms with van der Waals surface area (Å²) in [4.78, 5) is 27.8. The van der Waals surface area contributed by atoms with Crippen molar-refractivity contribution in [3.8, 4) is 5.75 Å². The second kappa shape index (κ2) is 6.78. The van der Waals surface area contributed by atoms with Gasteiger partial charge < -0.3 is 9.57 Å². The van der Waals surface area contributed by atoms with E-state index in [0.717, 1.165) is 32.1 Å². The van der Waals surface area contributed by atoms with E-state index in [4.69, 9.17) is 9.57 Å². The number of para-hydroxylation sites is 1. The van der Waals surface area contributed by atoms with Gasteiger partial charge in [-0.15, -0.1) is 5.48 Å². The van der Waals surface area contributed by atoms with Gasteiger partial charge in [0.2, 0.25) is 0 Å². The zero-order chi connectivity index (χ0) is 13.5. The monoisotopic (exact) mass is 263 g/mol. The van der Waals surface area contributed by atoms with Crippen LogP contribution in [0, 0.1) is 5.92 Å². The molecule has 1 amide bonds. The van der Waals surface area contributed by atoms with E-state index in [9.17, 15) is 9.59 Å². The van der Waals surface area contributed by atoms with Gasteiger partial charge in [-0.3, -0.25) is 0 Å². The first-order valence-electron chi connectivity index (χ1n) is 6.49. The third kappa shape index (κ3) is 4.28. The molecule has 1 fully saturated rings. The van der Waals surface area contributed by atoms with E-state index >= 15 is 0 Å². The molecule has 1 aliphatic carbocycles. The highest BCUT2D eigenvalue weighted by atomic mass is 16.7. The molecule has 0 bridgehead atoms. The number of hydrogen-bond acceptors (Lipinski definition) is 4. The fraction of sp³-hybridized carbons (Fsp3) is 0.429. The van der Waals surface area contributed by atoms with E-state index in [1.54, 1.807) is 24.3 Å². The molecule has 0 heterocycles. The van der Waals surface area contributed by atoms with Crippen LogP contribution in [0.1, 0.15) is 32.1 Å². The summed E-state index contributed by atoms with van der Waals surface area (Å²) in [5.41, 5.74) is 2.02. The standard InChI is InChI=1S/C14H17NO4/c16-13(11-7-3-1-4-8-11)19-15-14(17)18-12-9-5-2-6-10-12/h2,5-6,9-11H,1,3-4,7-8H2,(H,15,17). The van der Waals surface area contributed by atoms with Gasteiger partial charge in [0.05, 0.1) is 5.92 Å². The summed E-state index contributed by atoms with van der Waals surface area (Å²) < 4.78 is 4.92. The first-order chi connectivity index (χ1) is 9.25. The summed E-state index contributed by atoms with van der Waals surface area (Å²) in [5, 5.41) is 0. The SMILES string of the molecule is O=C(NOC(=O)C1CCCCC1)Oc1ccccc1. The first-order valence-corrected chi connectivity index (χ1v) is 6.49. The van der Waals surface area contributed by atoms with Gasteiger partial charge in [0.1, 0.15) is 5.75 Å². The number of rotatable bonds is 2. The molecule has 5 heteroatoms. The molecular formula is C14H17NO4. The maximum Gasteiger partial charge on any atom is 0.446 e. The normalized spacial score (nSPS) is 15.6. The summed E-state index contributed by atoms with van der Waals surface area (Å²) in [7, 11) is 0. The van der Waals surface area contributed by atoms with Gasteiger partial charge >= 0.3 is 12.1 Å². The van der Waals surface area contributed by atoms with E-state index in [1.165, 1.54) is 0 Å². The lowest BCUT2D eigenvalue weighted by molar-refractivity contribution is -0.155. The van der Waals surface area contributed by atoms with Crippen LogP contribution >= 0.6 is 0 Å². The van der Waals surface area contributed by atoms with Crippen LogP contribution in [-0.2, 0) is 9.63 Å². The van der Waals surface area contributed by atoms with E-state index in [1.807, 2.05) is 11.5 Å². The summed E-state index contributed by atoms with van der Waals surface area (Å²) in [6.07, 6.45) is 4.09. The summed E-state index contributed by atoms with van der Waals surface area (Å²) >= 11 is 0. The van der Waals surface area contributed by atoms with Crippen LogP contribution < -0.4 is 10.2 Å². The van der Waals surface area contributed by atoms with Crippen molar-refractivity contribution >= 4 is 12.1 Å². The van der Waals surface area contributed by atoms with Crippen LogP contribution in [0.5, 0.6) is 5.75 Å². The molecule has 0 aromatic heterocycles. The van der Waals surface area contributed by atoms with Crippen LogP contribution in [-0.4, -0.2) is 12.1 Å². The Morgan fingerprint density at radius 3 is 2.42 bits per heavy atom. The average Bonchev–Trinajstić information content (AvgIpc) is 2.47. The van der Waals surface area contributed by atoms with Crippen molar-refractivity contribution in [2.45, 2.75) is 32.1 Å². The minimum Gasteiger partial charge on any atom is -0.408 e. The summed E-state index contributed by atoms with van der Waals surface area (Å²) in [6.45, 7) is 0. The Labute approximate surface area is 111 Å². The third-order valence-corrected chi connectivity index (χ3v) is 3.13. The van der Waals surface area contributed by atoms with Crippen molar-refractivity contribution in [3.05, 3.63) is 30.3 Å².